The van der Waals surface area contributed by atoms with Gasteiger partial charge in [-0.15, -0.1) is 5.10 Å². The molecule has 7 nitrogen and oxygen atoms in total. The normalized spacial score (nSPS) is 11.0. The minimum Gasteiger partial charge on any atom is -0.322 e. The van der Waals surface area contributed by atoms with Gasteiger partial charge >= 0.3 is 0 Å². The van der Waals surface area contributed by atoms with Gasteiger partial charge in [-0.2, -0.15) is 4.98 Å². The van der Waals surface area contributed by atoms with Gasteiger partial charge in [0.2, 0.25) is 5.28 Å². The van der Waals surface area contributed by atoms with E-state index in [-0.39, 0.29) is 5.28 Å². The summed E-state index contributed by atoms with van der Waals surface area (Å²) in [6, 6.07) is 7.60. The number of nitrogens with one attached hydrogen (secondary N) is 1. The van der Waals surface area contributed by atoms with Crippen molar-refractivity contribution in [3.63, 3.8) is 0 Å². The van der Waals surface area contributed by atoms with Crippen LogP contribution in [-0.4, -0.2) is 29.1 Å². The highest BCUT2D eigenvalue weighted by atomic mass is 35.5. The van der Waals surface area contributed by atoms with Gasteiger partial charge in [-0.1, -0.05) is 0 Å². The maximum atomic E-state index is 5.93. The maximum absolute atomic E-state index is 5.93. The Morgan fingerprint density at radius 3 is 3.00 bits per heavy atom. The molecule has 0 bridgehead atoms. The van der Waals surface area contributed by atoms with E-state index in [2.05, 4.69) is 25.4 Å². The topological polar surface area (TPSA) is 72.9 Å². The van der Waals surface area contributed by atoms with Gasteiger partial charge in [-0.05, 0) is 35.9 Å². The number of fused-ring (bicyclic) bond motifs is 1. The van der Waals surface area contributed by atoms with E-state index in [0.717, 1.165) is 11.2 Å². The Balaban J connectivity index is 1.69. The summed E-state index contributed by atoms with van der Waals surface area (Å²) >= 11 is 5.93. The Bertz CT molecular complexity index is 929. The number of pyridine rings is 1. The van der Waals surface area contributed by atoms with Crippen molar-refractivity contribution in [2.45, 2.75) is 0 Å². The average molecular weight is 312 g/mol. The molecular formula is C14H10ClN7. The first-order valence-electron chi connectivity index (χ1n) is 6.52. The van der Waals surface area contributed by atoms with Crippen LogP contribution >= 0.6 is 11.6 Å². The van der Waals surface area contributed by atoms with Crippen LogP contribution in [0.15, 0.2) is 55.4 Å². The van der Waals surface area contributed by atoms with E-state index in [4.69, 9.17) is 11.6 Å². The van der Waals surface area contributed by atoms with Crippen molar-refractivity contribution in [1.82, 2.24) is 29.1 Å². The summed E-state index contributed by atoms with van der Waals surface area (Å²) in [7, 11) is 0. The molecule has 0 aliphatic heterocycles. The second-order valence-electron chi connectivity index (χ2n) is 4.57. The van der Waals surface area contributed by atoms with Crippen LogP contribution in [-0.2, 0) is 0 Å². The number of rotatable bonds is 3. The third kappa shape index (κ3) is 2.27. The molecule has 0 aliphatic carbocycles. The molecule has 108 valence electrons. The molecule has 8 heteroatoms. The molecule has 0 saturated carbocycles. The van der Waals surface area contributed by atoms with E-state index in [1.807, 2.05) is 41.2 Å². The molecule has 0 atom stereocenters. The van der Waals surface area contributed by atoms with Gasteiger partial charge in [0, 0.05) is 12.4 Å². The lowest BCUT2D eigenvalue weighted by Crippen LogP contribution is -2.01. The molecule has 4 heterocycles. The Kier molecular flexibility index (Phi) is 2.97. The highest BCUT2D eigenvalue weighted by molar-refractivity contribution is 6.28. The zero-order chi connectivity index (χ0) is 14.9. The molecule has 0 amide bonds. The van der Waals surface area contributed by atoms with Crippen molar-refractivity contribution in [2.24, 2.45) is 0 Å². The van der Waals surface area contributed by atoms with Gasteiger partial charge in [0.25, 0.3) is 0 Å². The van der Waals surface area contributed by atoms with E-state index in [1.165, 1.54) is 0 Å². The predicted molar refractivity (Wildman–Crippen MR) is 82.6 cm³/mol. The van der Waals surface area contributed by atoms with Gasteiger partial charge in [-0.25, -0.2) is 9.50 Å². The largest absolute Gasteiger partial charge is 0.322 e. The van der Waals surface area contributed by atoms with Crippen LogP contribution in [0, 0.1) is 0 Å². The number of hydrogen-bond donors (Lipinski definition) is 1. The number of halogens is 1. The van der Waals surface area contributed by atoms with Crippen molar-refractivity contribution >= 4 is 28.8 Å². The Hall–Kier alpha value is -2.93. The average Bonchev–Trinajstić information content (AvgIpc) is 3.17. The van der Waals surface area contributed by atoms with Crippen molar-refractivity contribution in [2.75, 3.05) is 5.32 Å². The maximum Gasteiger partial charge on any atom is 0.243 e. The van der Waals surface area contributed by atoms with E-state index in [0.29, 0.717) is 11.6 Å². The summed E-state index contributed by atoms with van der Waals surface area (Å²) in [5, 5.41) is 7.41. The van der Waals surface area contributed by atoms with Gasteiger partial charge in [0.15, 0.2) is 5.82 Å². The van der Waals surface area contributed by atoms with Crippen LogP contribution in [0.25, 0.3) is 11.2 Å². The predicted octanol–water partition coefficient (Wildman–Crippen LogP) is 2.71. The zero-order valence-corrected chi connectivity index (χ0v) is 12.0. The Morgan fingerprint density at radius 1 is 1.18 bits per heavy atom. The van der Waals surface area contributed by atoms with Crippen LogP contribution < -0.4 is 5.32 Å². The molecule has 0 aliphatic rings. The van der Waals surface area contributed by atoms with Crippen LogP contribution in [0.4, 0.5) is 11.6 Å². The zero-order valence-electron chi connectivity index (χ0n) is 11.3. The van der Waals surface area contributed by atoms with Crippen molar-refractivity contribution in [3.8, 4) is 5.69 Å². The summed E-state index contributed by atoms with van der Waals surface area (Å²) < 4.78 is 3.53. The molecule has 0 fully saturated rings. The van der Waals surface area contributed by atoms with Gasteiger partial charge < -0.3 is 9.88 Å². The van der Waals surface area contributed by atoms with Crippen LogP contribution in [0.2, 0.25) is 5.28 Å². The van der Waals surface area contributed by atoms with Crippen LogP contribution in [0.5, 0.6) is 0 Å². The molecule has 0 unspecified atom stereocenters. The summed E-state index contributed by atoms with van der Waals surface area (Å²) in [5.74, 6) is 1.25. The number of anilines is 2. The molecule has 0 spiro atoms. The molecule has 0 radical (unpaired) electrons. The van der Waals surface area contributed by atoms with Gasteiger partial charge in [0.05, 0.1) is 18.1 Å². The number of imidazole rings is 1. The second kappa shape index (κ2) is 5.12. The fourth-order valence-electron chi connectivity index (χ4n) is 2.16. The van der Waals surface area contributed by atoms with Crippen LogP contribution in [0.3, 0.4) is 0 Å². The smallest absolute Gasteiger partial charge is 0.243 e. The standard InChI is InChI=1S/C14H10ClN7/c15-14-19-13(11-4-2-6-22(11)20-14)18-12-8-21(9-17-12)10-3-1-5-16-7-10/h1-9H,(H,18,19,20). The minimum absolute atomic E-state index is 0.165. The molecule has 4 aromatic rings. The lowest BCUT2D eigenvalue weighted by atomic mass is 10.4. The first-order valence-corrected chi connectivity index (χ1v) is 6.90. The summed E-state index contributed by atoms with van der Waals surface area (Å²) in [4.78, 5) is 12.6. The molecule has 1 N–H and O–H groups in total. The lowest BCUT2D eigenvalue weighted by Gasteiger charge is -2.05. The molecular weight excluding hydrogens is 302 g/mol. The molecule has 0 saturated heterocycles. The van der Waals surface area contributed by atoms with E-state index in [9.17, 15) is 0 Å². The number of aromatic nitrogens is 6. The highest BCUT2D eigenvalue weighted by Crippen LogP contribution is 2.20. The van der Waals surface area contributed by atoms with Gasteiger partial charge in [-0.3, -0.25) is 4.98 Å². The summed E-state index contributed by atoms with van der Waals surface area (Å²) in [6.07, 6.45) is 8.86. The van der Waals surface area contributed by atoms with Crippen molar-refractivity contribution < 1.29 is 0 Å². The first kappa shape index (κ1) is 12.8. The number of hydrogen-bond acceptors (Lipinski definition) is 5. The second-order valence-corrected chi connectivity index (χ2v) is 4.91. The van der Waals surface area contributed by atoms with E-state index in [1.54, 1.807) is 23.2 Å². The van der Waals surface area contributed by atoms with Crippen LogP contribution in [0.1, 0.15) is 0 Å². The minimum atomic E-state index is 0.165. The third-order valence-electron chi connectivity index (χ3n) is 3.14. The summed E-state index contributed by atoms with van der Waals surface area (Å²) in [5.41, 5.74) is 1.75. The van der Waals surface area contributed by atoms with Gasteiger partial charge in [0.1, 0.15) is 17.7 Å². The third-order valence-corrected chi connectivity index (χ3v) is 3.30. The number of nitrogens with zero attached hydrogens (tertiary/aromatic N) is 6. The SMILES string of the molecule is Clc1nc(Nc2cn(-c3cccnc3)cn2)c2cccn2n1. The summed E-state index contributed by atoms with van der Waals surface area (Å²) in [6.45, 7) is 0. The quantitative estimate of drug-likeness (QED) is 0.630. The monoisotopic (exact) mass is 311 g/mol. The van der Waals surface area contributed by atoms with Crippen molar-refractivity contribution in [3.05, 3.63) is 60.7 Å². The lowest BCUT2D eigenvalue weighted by molar-refractivity contribution is 0.907. The highest BCUT2D eigenvalue weighted by Gasteiger charge is 2.08. The van der Waals surface area contributed by atoms with Crippen molar-refractivity contribution in [1.29, 1.82) is 0 Å². The molecule has 4 rings (SSSR count). The first-order chi connectivity index (χ1) is 10.8. The Labute approximate surface area is 130 Å². The fourth-order valence-corrected chi connectivity index (χ4v) is 2.32. The van der Waals surface area contributed by atoms with E-state index >= 15 is 0 Å². The molecule has 22 heavy (non-hydrogen) atoms. The van der Waals surface area contributed by atoms with E-state index < -0.39 is 0 Å². The molecule has 0 aromatic carbocycles. The Morgan fingerprint density at radius 2 is 2.14 bits per heavy atom. The molecule has 4 aromatic heterocycles. The fraction of sp³-hybridized carbons (Fsp3) is 0.